The highest BCUT2D eigenvalue weighted by molar-refractivity contribution is 5.68. The third kappa shape index (κ3) is 6.37. The van der Waals surface area contributed by atoms with E-state index in [0.717, 1.165) is 21.8 Å². The molecule has 0 aliphatic rings. The lowest BCUT2D eigenvalue weighted by molar-refractivity contribution is -0.143. The van der Waals surface area contributed by atoms with Crippen molar-refractivity contribution in [2.45, 2.75) is 45.0 Å². The van der Waals surface area contributed by atoms with Crippen LogP contribution < -0.4 is 4.90 Å². The zero-order chi connectivity index (χ0) is 29.5. The number of rotatable bonds is 7. The highest BCUT2D eigenvalue weighted by atomic mass is 19.4. The van der Waals surface area contributed by atoms with Gasteiger partial charge in [-0.05, 0) is 58.7 Å². The number of aromatic nitrogens is 6. The fourth-order valence-corrected chi connectivity index (χ4v) is 4.09. The molecule has 0 aliphatic heterocycles. The maximum absolute atomic E-state index is 13.6. The first kappa shape index (κ1) is 28.9. The SMILES string of the molecule is CCc1cn[nH]c1-c1ccc(C(F)(F)F)cc1CN(Cc1cc(C(F)(F)F)cc(C(F)(F)F)c1)c1nnn(C)n1. The van der Waals surface area contributed by atoms with E-state index in [2.05, 4.69) is 25.6 Å². The van der Waals surface area contributed by atoms with Crippen LogP contribution in [-0.4, -0.2) is 30.4 Å². The summed E-state index contributed by atoms with van der Waals surface area (Å²) in [6, 6.07) is 4.01. The van der Waals surface area contributed by atoms with Crippen molar-refractivity contribution in [3.8, 4) is 11.3 Å². The molecule has 0 amide bonds. The summed E-state index contributed by atoms with van der Waals surface area (Å²) in [5.74, 6) is -0.225. The molecule has 2 heterocycles. The highest BCUT2D eigenvalue weighted by Crippen LogP contribution is 2.38. The number of benzene rings is 2. The van der Waals surface area contributed by atoms with Gasteiger partial charge >= 0.3 is 18.5 Å². The van der Waals surface area contributed by atoms with Crippen LogP contribution in [0.5, 0.6) is 0 Å². The molecule has 16 heteroatoms. The van der Waals surface area contributed by atoms with Gasteiger partial charge in [-0.15, -0.1) is 5.10 Å². The van der Waals surface area contributed by atoms with Gasteiger partial charge in [0, 0.05) is 18.7 Å². The highest BCUT2D eigenvalue weighted by Gasteiger charge is 2.37. The summed E-state index contributed by atoms with van der Waals surface area (Å²) in [6.45, 7) is 0.766. The number of H-pyrrole nitrogens is 1. The summed E-state index contributed by atoms with van der Waals surface area (Å²) in [6.07, 6.45) is -12.9. The number of nitrogens with zero attached hydrogens (tertiary/aromatic N) is 6. The van der Waals surface area contributed by atoms with Crippen molar-refractivity contribution in [1.29, 1.82) is 0 Å². The maximum atomic E-state index is 13.6. The summed E-state index contributed by atoms with van der Waals surface area (Å²) >= 11 is 0. The minimum Gasteiger partial charge on any atom is -0.330 e. The summed E-state index contributed by atoms with van der Waals surface area (Å²) in [5.41, 5.74) is -3.05. The van der Waals surface area contributed by atoms with E-state index >= 15 is 0 Å². The van der Waals surface area contributed by atoms with Gasteiger partial charge in [-0.25, -0.2) is 0 Å². The summed E-state index contributed by atoms with van der Waals surface area (Å²) < 4.78 is 122. The Morgan fingerprint density at radius 1 is 0.800 bits per heavy atom. The Hall–Kier alpha value is -4.11. The van der Waals surface area contributed by atoms with Crippen molar-refractivity contribution in [1.82, 2.24) is 30.4 Å². The van der Waals surface area contributed by atoms with E-state index in [1.54, 1.807) is 6.92 Å². The normalized spacial score (nSPS) is 12.7. The van der Waals surface area contributed by atoms with E-state index in [-0.39, 0.29) is 17.6 Å². The Morgan fingerprint density at radius 2 is 1.43 bits per heavy atom. The van der Waals surface area contributed by atoms with Crippen molar-refractivity contribution < 1.29 is 39.5 Å². The van der Waals surface area contributed by atoms with Crippen molar-refractivity contribution in [3.63, 3.8) is 0 Å². The number of anilines is 1. The lowest BCUT2D eigenvalue weighted by Gasteiger charge is -2.24. The first-order valence-corrected chi connectivity index (χ1v) is 11.6. The van der Waals surface area contributed by atoms with Crippen LogP contribution in [0.1, 0.15) is 40.3 Å². The van der Waals surface area contributed by atoms with E-state index < -0.39 is 53.9 Å². The number of aryl methyl sites for hydroxylation is 2. The Bertz CT molecular complexity index is 1450. The van der Waals surface area contributed by atoms with Gasteiger partial charge in [-0.1, -0.05) is 18.1 Å². The second-order valence-electron chi connectivity index (χ2n) is 8.84. The molecule has 2 aromatic carbocycles. The molecule has 0 unspecified atom stereocenters. The number of hydrogen-bond acceptors (Lipinski definition) is 5. The molecule has 0 radical (unpaired) electrons. The Kier molecular flexibility index (Phi) is 7.56. The number of aromatic amines is 1. The standard InChI is InChI=1S/C24H20F9N7/c1-3-14-10-34-35-20(14)19-5-4-16(22(25,26)27)8-15(19)12-40(21-36-38-39(2)37-21)11-13-6-17(23(28,29)30)9-18(7-13)24(31,32)33/h4-10H,3,11-12H2,1-2H3,(H,34,35). The Labute approximate surface area is 220 Å². The molecule has 0 aliphatic carbocycles. The number of tetrazole rings is 1. The van der Waals surface area contributed by atoms with Gasteiger partial charge in [0.25, 0.3) is 5.95 Å². The van der Waals surface area contributed by atoms with E-state index in [1.165, 1.54) is 19.3 Å². The summed E-state index contributed by atoms with van der Waals surface area (Å²) in [7, 11) is 1.37. The van der Waals surface area contributed by atoms with Gasteiger partial charge in [-0.2, -0.15) is 49.4 Å². The first-order chi connectivity index (χ1) is 18.6. The molecule has 40 heavy (non-hydrogen) atoms. The van der Waals surface area contributed by atoms with Crippen LogP contribution in [0.2, 0.25) is 0 Å². The Morgan fingerprint density at radius 3 is 1.95 bits per heavy atom. The Balaban J connectivity index is 1.84. The molecule has 0 fully saturated rings. The van der Waals surface area contributed by atoms with Crippen molar-refractivity contribution in [3.05, 3.63) is 76.0 Å². The largest absolute Gasteiger partial charge is 0.416 e. The molecule has 1 N–H and O–H groups in total. The molecule has 2 aromatic heterocycles. The number of alkyl halides is 9. The molecule has 4 aromatic rings. The first-order valence-electron chi connectivity index (χ1n) is 11.6. The predicted octanol–water partition coefficient (Wildman–Crippen LogP) is 6.43. The van der Waals surface area contributed by atoms with Gasteiger partial charge in [0.05, 0.1) is 35.6 Å². The van der Waals surface area contributed by atoms with E-state index in [1.807, 2.05) is 0 Å². The second-order valence-corrected chi connectivity index (χ2v) is 8.84. The topological polar surface area (TPSA) is 75.5 Å². The van der Waals surface area contributed by atoms with Gasteiger partial charge in [-0.3, -0.25) is 5.10 Å². The van der Waals surface area contributed by atoms with Crippen molar-refractivity contribution in [2.24, 2.45) is 7.05 Å². The number of nitrogens with one attached hydrogen (secondary N) is 1. The van der Waals surface area contributed by atoms with E-state index in [9.17, 15) is 39.5 Å². The second kappa shape index (κ2) is 10.5. The summed E-state index contributed by atoms with van der Waals surface area (Å²) in [4.78, 5) is 2.14. The quantitative estimate of drug-likeness (QED) is 0.257. The predicted molar refractivity (Wildman–Crippen MR) is 124 cm³/mol. The molecule has 214 valence electrons. The van der Waals surface area contributed by atoms with Gasteiger partial charge in [0.1, 0.15) is 0 Å². The number of hydrogen-bond donors (Lipinski definition) is 1. The third-order valence-electron chi connectivity index (χ3n) is 5.96. The van der Waals surface area contributed by atoms with Crippen molar-refractivity contribution >= 4 is 5.95 Å². The van der Waals surface area contributed by atoms with Crippen molar-refractivity contribution in [2.75, 3.05) is 4.90 Å². The average molecular weight is 577 g/mol. The summed E-state index contributed by atoms with van der Waals surface area (Å²) in [5, 5.41) is 18.1. The van der Waals surface area contributed by atoms with Crippen LogP contribution >= 0.6 is 0 Å². The minimum absolute atomic E-state index is 0.0101. The fourth-order valence-electron chi connectivity index (χ4n) is 4.09. The van der Waals surface area contributed by atoms with E-state index in [0.29, 0.717) is 35.4 Å². The molecule has 0 saturated carbocycles. The smallest absolute Gasteiger partial charge is 0.330 e. The molecule has 0 saturated heterocycles. The molecule has 7 nitrogen and oxygen atoms in total. The van der Waals surface area contributed by atoms with Crippen LogP contribution in [0.25, 0.3) is 11.3 Å². The molecular weight excluding hydrogens is 557 g/mol. The molecule has 0 spiro atoms. The zero-order valence-corrected chi connectivity index (χ0v) is 20.7. The monoisotopic (exact) mass is 577 g/mol. The fraction of sp³-hybridized carbons (Fsp3) is 0.333. The maximum Gasteiger partial charge on any atom is 0.416 e. The lowest BCUT2D eigenvalue weighted by Crippen LogP contribution is -2.25. The van der Waals surface area contributed by atoms with Crippen LogP contribution in [0.4, 0.5) is 45.5 Å². The number of halogens is 9. The third-order valence-corrected chi connectivity index (χ3v) is 5.96. The van der Waals surface area contributed by atoms with Crippen LogP contribution in [-0.2, 0) is 45.1 Å². The van der Waals surface area contributed by atoms with Crippen LogP contribution in [0.15, 0.2) is 42.6 Å². The van der Waals surface area contributed by atoms with Gasteiger partial charge in [0.15, 0.2) is 0 Å². The van der Waals surface area contributed by atoms with Gasteiger partial charge in [0.2, 0.25) is 0 Å². The van der Waals surface area contributed by atoms with Crippen LogP contribution in [0, 0.1) is 0 Å². The average Bonchev–Trinajstić information content (AvgIpc) is 3.50. The molecule has 0 atom stereocenters. The lowest BCUT2D eigenvalue weighted by atomic mass is 9.97. The van der Waals surface area contributed by atoms with Gasteiger partial charge < -0.3 is 4.90 Å². The zero-order valence-electron chi connectivity index (χ0n) is 20.7. The van der Waals surface area contributed by atoms with E-state index in [4.69, 9.17) is 0 Å². The molecule has 4 rings (SSSR count). The minimum atomic E-state index is -5.09. The molecule has 0 bridgehead atoms. The molecular formula is C24H20F9N7. The van der Waals surface area contributed by atoms with Crippen LogP contribution in [0.3, 0.4) is 0 Å².